The zero-order valence-corrected chi connectivity index (χ0v) is 16.8. The van der Waals surface area contributed by atoms with Crippen molar-refractivity contribution >= 4 is 29.5 Å². The number of aryl methyl sites for hydroxylation is 1. The van der Waals surface area contributed by atoms with Crippen molar-refractivity contribution in [2.24, 2.45) is 0 Å². The van der Waals surface area contributed by atoms with Crippen molar-refractivity contribution in [2.75, 3.05) is 6.54 Å². The Hall–Kier alpha value is -2.34. The highest BCUT2D eigenvalue weighted by Gasteiger charge is 2.08. The Morgan fingerprint density at radius 2 is 1.79 bits per heavy atom. The van der Waals surface area contributed by atoms with Crippen LogP contribution in [0, 0.1) is 12.7 Å². The minimum Gasteiger partial charge on any atom is -0.478 e. The van der Waals surface area contributed by atoms with Gasteiger partial charge in [-0.3, -0.25) is 4.72 Å². The van der Waals surface area contributed by atoms with E-state index in [1.54, 1.807) is 25.1 Å². The fourth-order valence-electron chi connectivity index (χ4n) is 2.76. The fraction of sp³-hybridized carbons (Fsp3) is 0.136. The van der Waals surface area contributed by atoms with Crippen LogP contribution in [0.2, 0.25) is 5.02 Å². The molecule has 6 heteroatoms. The smallest absolute Gasteiger partial charge is 0.335 e. The molecule has 0 radical (unpaired) electrons. The second-order valence-corrected chi connectivity index (χ2v) is 7.73. The quantitative estimate of drug-likeness (QED) is 0.367. The van der Waals surface area contributed by atoms with Gasteiger partial charge in [-0.1, -0.05) is 48.0 Å². The number of aromatic carboxylic acids is 1. The molecule has 2 N–H and O–H groups in total. The molecular formula is C22H19ClFNO2S. The average Bonchev–Trinajstić information content (AvgIpc) is 2.69. The van der Waals surface area contributed by atoms with Crippen molar-refractivity contribution in [1.29, 1.82) is 0 Å². The van der Waals surface area contributed by atoms with Gasteiger partial charge in [-0.25, -0.2) is 9.18 Å². The molecule has 28 heavy (non-hydrogen) atoms. The normalized spacial score (nSPS) is 10.8. The highest BCUT2D eigenvalue weighted by molar-refractivity contribution is 7.97. The number of benzene rings is 3. The minimum absolute atomic E-state index is 0.116. The number of carbonyl (C=O) groups is 1. The molecule has 3 nitrogen and oxygen atoms in total. The Morgan fingerprint density at radius 1 is 1.07 bits per heavy atom. The van der Waals surface area contributed by atoms with Gasteiger partial charge in [0.05, 0.1) is 10.6 Å². The average molecular weight is 416 g/mol. The second kappa shape index (κ2) is 9.24. The summed E-state index contributed by atoms with van der Waals surface area (Å²) < 4.78 is 16.5. The molecule has 0 spiro atoms. The molecule has 3 aromatic carbocycles. The predicted octanol–water partition coefficient (Wildman–Crippen LogP) is 5.99. The minimum atomic E-state index is -0.914. The summed E-state index contributed by atoms with van der Waals surface area (Å²) >= 11 is 7.27. The lowest BCUT2D eigenvalue weighted by Crippen LogP contribution is -2.08. The van der Waals surface area contributed by atoms with Crippen LogP contribution in [0.3, 0.4) is 0 Å². The number of halogens is 2. The summed E-state index contributed by atoms with van der Waals surface area (Å²) in [6.45, 7) is 2.53. The van der Waals surface area contributed by atoms with E-state index >= 15 is 0 Å². The van der Waals surface area contributed by atoms with Gasteiger partial charge in [-0.05, 0) is 71.8 Å². The highest BCUT2D eigenvalue weighted by atomic mass is 35.5. The van der Waals surface area contributed by atoms with Crippen molar-refractivity contribution in [2.45, 2.75) is 18.2 Å². The summed E-state index contributed by atoms with van der Waals surface area (Å²) in [5, 5.41) is 9.30. The lowest BCUT2D eigenvalue weighted by Gasteiger charge is -2.08. The summed E-state index contributed by atoms with van der Waals surface area (Å²) in [6, 6.07) is 18.1. The molecule has 0 amide bonds. The van der Waals surface area contributed by atoms with E-state index in [1.807, 2.05) is 36.4 Å². The largest absolute Gasteiger partial charge is 0.478 e. The van der Waals surface area contributed by atoms with E-state index in [-0.39, 0.29) is 5.02 Å². The molecule has 0 aliphatic heterocycles. The summed E-state index contributed by atoms with van der Waals surface area (Å²) in [7, 11) is 0. The van der Waals surface area contributed by atoms with Crippen molar-refractivity contribution in [3.05, 3.63) is 88.2 Å². The molecule has 0 unspecified atom stereocenters. The Kier molecular flexibility index (Phi) is 6.73. The Balaban J connectivity index is 1.53. The first kappa shape index (κ1) is 20.4. The number of hydrogen-bond acceptors (Lipinski definition) is 3. The Bertz CT molecular complexity index is 992. The van der Waals surface area contributed by atoms with E-state index in [9.17, 15) is 14.3 Å². The molecule has 0 bridgehead atoms. The molecule has 0 fully saturated rings. The SMILES string of the molecule is Cc1ccc(SNCCc2ccc(-c3ccc(F)c(Cl)c3)cc2)cc1C(=O)O. The first-order valence-corrected chi connectivity index (χ1v) is 9.91. The van der Waals surface area contributed by atoms with E-state index in [4.69, 9.17) is 11.6 Å². The van der Waals surface area contributed by atoms with Crippen LogP contribution in [-0.4, -0.2) is 17.6 Å². The van der Waals surface area contributed by atoms with Gasteiger partial charge in [0.15, 0.2) is 0 Å². The molecule has 3 rings (SSSR count). The third-order valence-electron chi connectivity index (χ3n) is 4.35. The Labute approximate surface area is 172 Å². The Morgan fingerprint density at radius 3 is 2.46 bits per heavy atom. The van der Waals surface area contributed by atoms with Crippen LogP contribution in [0.1, 0.15) is 21.5 Å². The molecular weight excluding hydrogens is 397 g/mol. The predicted molar refractivity (Wildman–Crippen MR) is 113 cm³/mol. The first-order valence-electron chi connectivity index (χ1n) is 8.72. The molecule has 0 aromatic heterocycles. The van der Waals surface area contributed by atoms with Crippen LogP contribution in [-0.2, 0) is 6.42 Å². The van der Waals surface area contributed by atoms with Gasteiger partial charge < -0.3 is 5.11 Å². The monoisotopic (exact) mass is 415 g/mol. The fourth-order valence-corrected chi connectivity index (χ4v) is 3.63. The highest BCUT2D eigenvalue weighted by Crippen LogP contribution is 2.25. The summed E-state index contributed by atoms with van der Waals surface area (Å²) in [5.74, 6) is -1.34. The van der Waals surface area contributed by atoms with E-state index in [2.05, 4.69) is 4.72 Å². The second-order valence-electron chi connectivity index (χ2n) is 6.35. The molecule has 0 saturated carbocycles. The third-order valence-corrected chi connectivity index (χ3v) is 5.48. The molecule has 0 heterocycles. The van der Waals surface area contributed by atoms with Gasteiger partial charge in [0, 0.05) is 11.4 Å². The molecule has 0 aliphatic carbocycles. The number of carboxylic acid groups (broad SMARTS) is 1. The number of hydrogen-bond donors (Lipinski definition) is 2. The number of rotatable bonds is 7. The van der Waals surface area contributed by atoms with Crippen molar-refractivity contribution in [3.63, 3.8) is 0 Å². The molecule has 144 valence electrons. The van der Waals surface area contributed by atoms with E-state index in [1.165, 1.54) is 23.6 Å². The number of carboxylic acids is 1. The lowest BCUT2D eigenvalue weighted by molar-refractivity contribution is 0.0696. The molecule has 0 atom stereocenters. The van der Waals surface area contributed by atoms with Crippen LogP contribution in [0.4, 0.5) is 4.39 Å². The van der Waals surface area contributed by atoms with Crippen molar-refractivity contribution < 1.29 is 14.3 Å². The van der Waals surface area contributed by atoms with Crippen molar-refractivity contribution in [1.82, 2.24) is 4.72 Å². The first-order chi connectivity index (χ1) is 13.4. The maximum atomic E-state index is 13.3. The molecule has 0 saturated heterocycles. The maximum Gasteiger partial charge on any atom is 0.335 e. The van der Waals surface area contributed by atoms with Crippen LogP contribution in [0.15, 0.2) is 65.6 Å². The lowest BCUT2D eigenvalue weighted by atomic mass is 10.0. The van der Waals surface area contributed by atoms with Gasteiger partial charge in [0.2, 0.25) is 0 Å². The van der Waals surface area contributed by atoms with Crippen LogP contribution in [0.25, 0.3) is 11.1 Å². The van der Waals surface area contributed by atoms with Gasteiger partial charge in [-0.2, -0.15) is 0 Å². The molecule has 3 aromatic rings. The van der Waals surface area contributed by atoms with Crippen molar-refractivity contribution in [3.8, 4) is 11.1 Å². The summed E-state index contributed by atoms with van der Waals surface area (Å²) in [4.78, 5) is 12.1. The van der Waals surface area contributed by atoms with Gasteiger partial charge in [-0.15, -0.1) is 0 Å². The zero-order chi connectivity index (χ0) is 20.1. The van der Waals surface area contributed by atoms with E-state index in [0.717, 1.165) is 34.6 Å². The number of nitrogens with one attached hydrogen (secondary N) is 1. The third kappa shape index (κ3) is 5.13. The van der Waals surface area contributed by atoms with Gasteiger partial charge >= 0.3 is 5.97 Å². The van der Waals surface area contributed by atoms with Gasteiger partial charge in [0.1, 0.15) is 5.82 Å². The van der Waals surface area contributed by atoms with Crippen LogP contribution < -0.4 is 4.72 Å². The van der Waals surface area contributed by atoms with E-state index < -0.39 is 11.8 Å². The van der Waals surface area contributed by atoms with Crippen LogP contribution >= 0.6 is 23.5 Å². The van der Waals surface area contributed by atoms with Gasteiger partial charge in [0.25, 0.3) is 0 Å². The topological polar surface area (TPSA) is 49.3 Å². The zero-order valence-electron chi connectivity index (χ0n) is 15.2. The maximum absolute atomic E-state index is 13.3. The summed E-state index contributed by atoms with van der Waals surface area (Å²) in [5.41, 5.74) is 4.09. The molecule has 0 aliphatic rings. The van der Waals surface area contributed by atoms with Crippen LogP contribution in [0.5, 0.6) is 0 Å². The standard InChI is InChI=1S/C22H19ClFNO2S/c1-14-2-8-18(13-19(14)22(26)27)28-25-11-10-15-3-5-16(6-4-15)17-7-9-21(24)20(23)12-17/h2-9,12-13,25H,10-11H2,1H3,(H,26,27). The van der Waals surface area contributed by atoms with E-state index in [0.29, 0.717) is 5.56 Å². The summed E-state index contributed by atoms with van der Waals surface area (Å²) in [6.07, 6.45) is 0.828.